The highest BCUT2D eigenvalue weighted by Gasteiger charge is 2.13. The van der Waals surface area contributed by atoms with Crippen molar-refractivity contribution in [3.8, 4) is 0 Å². The standard InChI is InChI=1S/C13H18O3/c1-5-15-8-16-13(14)12-10(3)6-9(2)7-11(12)4/h6-7H,5,8H2,1-4H3. The van der Waals surface area contributed by atoms with Gasteiger partial charge < -0.3 is 9.47 Å². The van der Waals surface area contributed by atoms with Crippen molar-refractivity contribution in [2.24, 2.45) is 0 Å². The molecule has 0 atom stereocenters. The molecule has 3 nitrogen and oxygen atoms in total. The molecule has 0 amide bonds. The first-order chi connectivity index (χ1) is 7.56. The fourth-order valence-electron chi connectivity index (χ4n) is 1.75. The zero-order valence-corrected chi connectivity index (χ0v) is 10.3. The fraction of sp³-hybridized carbons (Fsp3) is 0.462. The first kappa shape index (κ1) is 12.7. The monoisotopic (exact) mass is 222 g/mol. The summed E-state index contributed by atoms with van der Waals surface area (Å²) >= 11 is 0. The number of hydrogen-bond donors (Lipinski definition) is 0. The minimum absolute atomic E-state index is 0.0160. The van der Waals surface area contributed by atoms with Crippen LogP contribution in [0.5, 0.6) is 0 Å². The van der Waals surface area contributed by atoms with Crippen molar-refractivity contribution < 1.29 is 14.3 Å². The smallest absolute Gasteiger partial charge is 0.340 e. The summed E-state index contributed by atoms with van der Waals surface area (Å²) in [6.07, 6.45) is 0. The number of rotatable bonds is 4. The van der Waals surface area contributed by atoms with E-state index in [1.807, 2.05) is 39.8 Å². The van der Waals surface area contributed by atoms with Crippen LogP contribution in [0.1, 0.15) is 34.0 Å². The molecule has 0 aliphatic rings. The predicted molar refractivity (Wildman–Crippen MR) is 62.6 cm³/mol. The number of ether oxygens (including phenoxy) is 2. The van der Waals surface area contributed by atoms with E-state index in [4.69, 9.17) is 9.47 Å². The summed E-state index contributed by atoms with van der Waals surface area (Å²) in [6, 6.07) is 3.95. The van der Waals surface area contributed by atoms with Crippen LogP contribution in [-0.2, 0) is 9.47 Å². The maximum Gasteiger partial charge on any atom is 0.340 e. The van der Waals surface area contributed by atoms with Crippen molar-refractivity contribution in [3.05, 3.63) is 34.4 Å². The van der Waals surface area contributed by atoms with Crippen LogP contribution in [0.4, 0.5) is 0 Å². The second kappa shape index (κ2) is 5.66. The van der Waals surface area contributed by atoms with Crippen molar-refractivity contribution >= 4 is 5.97 Å². The molecule has 3 heteroatoms. The Hall–Kier alpha value is -1.35. The Kier molecular flexibility index (Phi) is 4.50. The average Bonchev–Trinajstić information content (AvgIpc) is 2.16. The van der Waals surface area contributed by atoms with E-state index in [0.717, 1.165) is 16.7 Å². The van der Waals surface area contributed by atoms with E-state index in [9.17, 15) is 4.79 Å². The quantitative estimate of drug-likeness (QED) is 0.446. The first-order valence-corrected chi connectivity index (χ1v) is 5.39. The van der Waals surface area contributed by atoms with Crippen LogP contribution in [0.3, 0.4) is 0 Å². The molecule has 0 aliphatic carbocycles. The van der Waals surface area contributed by atoms with Gasteiger partial charge in [0.25, 0.3) is 0 Å². The lowest BCUT2D eigenvalue weighted by Gasteiger charge is -2.10. The lowest BCUT2D eigenvalue weighted by molar-refractivity contribution is -0.0275. The highest BCUT2D eigenvalue weighted by atomic mass is 16.7. The van der Waals surface area contributed by atoms with Gasteiger partial charge in [0.2, 0.25) is 0 Å². The highest BCUT2D eigenvalue weighted by molar-refractivity contribution is 5.92. The van der Waals surface area contributed by atoms with Gasteiger partial charge in [-0.25, -0.2) is 4.79 Å². The van der Waals surface area contributed by atoms with Crippen molar-refractivity contribution in [1.29, 1.82) is 0 Å². The summed E-state index contributed by atoms with van der Waals surface area (Å²) in [6.45, 7) is 8.25. The van der Waals surface area contributed by atoms with Crippen LogP contribution in [0.15, 0.2) is 12.1 Å². The van der Waals surface area contributed by atoms with Crippen molar-refractivity contribution in [2.75, 3.05) is 13.4 Å². The van der Waals surface area contributed by atoms with Gasteiger partial charge in [-0.3, -0.25) is 0 Å². The molecule has 1 rings (SSSR count). The molecule has 0 saturated carbocycles. The third-order valence-corrected chi connectivity index (χ3v) is 2.36. The maximum absolute atomic E-state index is 11.8. The lowest BCUT2D eigenvalue weighted by atomic mass is 10.0. The first-order valence-electron chi connectivity index (χ1n) is 5.39. The van der Waals surface area contributed by atoms with Crippen LogP contribution in [0.25, 0.3) is 0 Å². The third kappa shape index (κ3) is 3.07. The Labute approximate surface area is 96.4 Å². The van der Waals surface area contributed by atoms with Gasteiger partial charge in [-0.1, -0.05) is 17.7 Å². The highest BCUT2D eigenvalue weighted by Crippen LogP contribution is 2.17. The van der Waals surface area contributed by atoms with Gasteiger partial charge in [-0.2, -0.15) is 0 Å². The van der Waals surface area contributed by atoms with E-state index in [2.05, 4.69) is 0 Å². The van der Waals surface area contributed by atoms with Crippen LogP contribution in [0, 0.1) is 20.8 Å². The second-order valence-electron chi connectivity index (χ2n) is 3.82. The van der Waals surface area contributed by atoms with Crippen molar-refractivity contribution in [2.45, 2.75) is 27.7 Å². The maximum atomic E-state index is 11.8. The van der Waals surface area contributed by atoms with E-state index in [1.165, 1.54) is 0 Å². The van der Waals surface area contributed by atoms with Crippen LogP contribution >= 0.6 is 0 Å². The molecule has 0 aliphatic heterocycles. The van der Waals surface area contributed by atoms with E-state index in [-0.39, 0.29) is 12.8 Å². The summed E-state index contributed by atoms with van der Waals surface area (Å²) in [5, 5.41) is 0. The summed E-state index contributed by atoms with van der Waals surface area (Å²) < 4.78 is 9.99. The molecule has 0 heterocycles. The topological polar surface area (TPSA) is 35.5 Å². The third-order valence-electron chi connectivity index (χ3n) is 2.36. The van der Waals surface area contributed by atoms with Crippen LogP contribution in [0.2, 0.25) is 0 Å². The number of carbonyl (C=O) groups is 1. The molecule has 1 aromatic carbocycles. The van der Waals surface area contributed by atoms with Gasteiger partial charge in [0.15, 0.2) is 6.79 Å². The summed E-state index contributed by atoms with van der Waals surface area (Å²) in [5.74, 6) is -0.316. The summed E-state index contributed by atoms with van der Waals surface area (Å²) in [5.41, 5.74) is 3.68. The molecule has 0 radical (unpaired) electrons. The minimum atomic E-state index is -0.316. The zero-order valence-electron chi connectivity index (χ0n) is 10.3. The molecule has 0 unspecified atom stereocenters. The lowest BCUT2D eigenvalue weighted by Crippen LogP contribution is -2.12. The zero-order chi connectivity index (χ0) is 12.1. The van der Waals surface area contributed by atoms with Crippen LogP contribution in [-0.4, -0.2) is 19.4 Å². The number of aryl methyl sites for hydroxylation is 3. The molecule has 0 spiro atoms. The van der Waals surface area contributed by atoms with Gasteiger partial charge in [0.1, 0.15) is 0 Å². The summed E-state index contributed by atoms with van der Waals surface area (Å²) in [7, 11) is 0. The van der Waals surface area contributed by atoms with E-state index in [1.54, 1.807) is 0 Å². The van der Waals surface area contributed by atoms with Gasteiger partial charge in [0, 0.05) is 6.61 Å². The Balaban J connectivity index is 2.83. The number of hydrogen-bond acceptors (Lipinski definition) is 3. The second-order valence-corrected chi connectivity index (χ2v) is 3.82. The molecule has 0 bridgehead atoms. The largest absolute Gasteiger partial charge is 0.435 e. The van der Waals surface area contributed by atoms with Gasteiger partial charge in [-0.15, -0.1) is 0 Å². The molecule has 1 aromatic rings. The molecule has 88 valence electrons. The van der Waals surface area contributed by atoms with E-state index >= 15 is 0 Å². The van der Waals surface area contributed by atoms with Gasteiger partial charge >= 0.3 is 5.97 Å². The fourth-order valence-corrected chi connectivity index (χ4v) is 1.75. The predicted octanol–water partition coefficient (Wildman–Crippen LogP) is 2.76. The number of benzene rings is 1. The minimum Gasteiger partial charge on any atom is -0.435 e. The van der Waals surface area contributed by atoms with E-state index in [0.29, 0.717) is 12.2 Å². The normalized spacial score (nSPS) is 10.2. The Bertz CT molecular complexity index is 360. The number of esters is 1. The SMILES string of the molecule is CCOCOC(=O)c1c(C)cc(C)cc1C. The van der Waals surface area contributed by atoms with Crippen molar-refractivity contribution in [3.63, 3.8) is 0 Å². The molecule has 0 fully saturated rings. The molecular weight excluding hydrogens is 204 g/mol. The Morgan fingerprint density at radius 1 is 1.19 bits per heavy atom. The van der Waals surface area contributed by atoms with Gasteiger partial charge in [-0.05, 0) is 38.8 Å². The summed E-state index contributed by atoms with van der Waals surface area (Å²) in [4.78, 5) is 11.8. The Morgan fingerprint density at radius 3 is 2.25 bits per heavy atom. The molecule has 16 heavy (non-hydrogen) atoms. The van der Waals surface area contributed by atoms with Crippen LogP contribution < -0.4 is 0 Å². The average molecular weight is 222 g/mol. The molecule has 0 aromatic heterocycles. The molecule has 0 N–H and O–H groups in total. The van der Waals surface area contributed by atoms with Gasteiger partial charge in [0.05, 0.1) is 5.56 Å². The molecule has 0 saturated heterocycles. The van der Waals surface area contributed by atoms with Crippen molar-refractivity contribution in [1.82, 2.24) is 0 Å². The number of carbonyl (C=O) groups excluding carboxylic acids is 1. The molecular formula is C13H18O3. The van der Waals surface area contributed by atoms with E-state index < -0.39 is 0 Å². The Morgan fingerprint density at radius 2 is 1.75 bits per heavy atom.